The number of carbonyl (C=O) groups is 2. The molecule has 0 aliphatic carbocycles. The standard InChI is InChI=1S/C13H17NO3/c1-3-4-6-11-9-10(2)12(16)14(13(11)17)7-5-8-15/h3-4,6,15H,2,5,7-9H2,1H3/b4-3-,11-6+. The van der Waals surface area contributed by atoms with Gasteiger partial charge in [-0.05, 0) is 13.3 Å². The van der Waals surface area contributed by atoms with Gasteiger partial charge in [-0.1, -0.05) is 24.8 Å². The van der Waals surface area contributed by atoms with Crippen LogP contribution in [0.3, 0.4) is 0 Å². The van der Waals surface area contributed by atoms with Gasteiger partial charge in [-0.25, -0.2) is 0 Å². The molecule has 1 N–H and O–H groups in total. The number of carbonyl (C=O) groups excluding carboxylic acids is 2. The van der Waals surface area contributed by atoms with Crippen LogP contribution in [0, 0.1) is 0 Å². The lowest BCUT2D eigenvalue weighted by atomic mass is 9.98. The molecule has 0 bridgehead atoms. The number of hydrogen-bond acceptors (Lipinski definition) is 3. The summed E-state index contributed by atoms with van der Waals surface area (Å²) < 4.78 is 0. The summed E-state index contributed by atoms with van der Waals surface area (Å²) in [6.45, 7) is 5.72. The molecule has 0 aromatic heterocycles. The van der Waals surface area contributed by atoms with Crippen molar-refractivity contribution in [3.05, 3.63) is 36.0 Å². The first-order valence-corrected chi connectivity index (χ1v) is 5.58. The van der Waals surface area contributed by atoms with Crippen molar-refractivity contribution in [3.8, 4) is 0 Å². The smallest absolute Gasteiger partial charge is 0.256 e. The minimum absolute atomic E-state index is 0.0442. The number of aliphatic hydroxyl groups excluding tert-OH is 1. The van der Waals surface area contributed by atoms with E-state index < -0.39 is 0 Å². The van der Waals surface area contributed by atoms with Gasteiger partial charge in [0.2, 0.25) is 0 Å². The first-order chi connectivity index (χ1) is 8.11. The number of hydrogen-bond donors (Lipinski definition) is 1. The molecule has 17 heavy (non-hydrogen) atoms. The van der Waals surface area contributed by atoms with E-state index in [1.165, 1.54) is 0 Å². The fraction of sp³-hybridized carbons (Fsp3) is 0.385. The van der Waals surface area contributed by atoms with Crippen molar-refractivity contribution in [2.45, 2.75) is 19.8 Å². The number of imide groups is 1. The quantitative estimate of drug-likeness (QED) is 0.588. The summed E-state index contributed by atoms with van der Waals surface area (Å²) in [6.07, 6.45) is 5.98. The summed E-state index contributed by atoms with van der Waals surface area (Å²) in [5.74, 6) is -0.616. The van der Waals surface area contributed by atoms with Gasteiger partial charge in [0.25, 0.3) is 11.8 Å². The minimum Gasteiger partial charge on any atom is -0.396 e. The molecular formula is C13H17NO3. The van der Waals surface area contributed by atoms with Gasteiger partial charge >= 0.3 is 0 Å². The number of aliphatic hydroxyl groups is 1. The monoisotopic (exact) mass is 235 g/mol. The third-order valence-electron chi connectivity index (χ3n) is 2.50. The van der Waals surface area contributed by atoms with Crippen LogP contribution in [-0.2, 0) is 9.59 Å². The maximum Gasteiger partial charge on any atom is 0.256 e. The Bertz CT molecular complexity index is 393. The average Bonchev–Trinajstić information content (AvgIpc) is 2.32. The molecule has 4 heteroatoms. The first-order valence-electron chi connectivity index (χ1n) is 5.58. The summed E-state index contributed by atoms with van der Waals surface area (Å²) >= 11 is 0. The summed E-state index contributed by atoms with van der Waals surface area (Å²) in [5.41, 5.74) is 0.976. The Morgan fingerprint density at radius 1 is 1.41 bits per heavy atom. The molecule has 0 radical (unpaired) electrons. The molecule has 2 amide bonds. The van der Waals surface area contributed by atoms with Crippen molar-refractivity contribution in [1.29, 1.82) is 0 Å². The highest BCUT2D eigenvalue weighted by molar-refractivity contribution is 6.14. The predicted octanol–water partition coefficient (Wildman–Crippen LogP) is 1.19. The van der Waals surface area contributed by atoms with E-state index in [9.17, 15) is 9.59 Å². The van der Waals surface area contributed by atoms with Gasteiger partial charge in [0.05, 0.1) is 0 Å². The molecule has 1 heterocycles. The van der Waals surface area contributed by atoms with E-state index in [1.807, 2.05) is 13.0 Å². The number of allylic oxidation sites excluding steroid dienone is 3. The van der Waals surface area contributed by atoms with E-state index in [0.29, 0.717) is 24.0 Å². The van der Waals surface area contributed by atoms with E-state index in [1.54, 1.807) is 12.2 Å². The predicted molar refractivity (Wildman–Crippen MR) is 65.1 cm³/mol. The van der Waals surface area contributed by atoms with Crippen LogP contribution in [-0.4, -0.2) is 35.0 Å². The van der Waals surface area contributed by atoms with Gasteiger partial charge in [0, 0.05) is 30.7 Å². The fourth-order valence-electron chi connectivity index (χ4n) is 1.61. The zero-order valence-electron chi connectivity index (χ0n) is 9.98. The summed E-state index contributed by atoms with van der Waals surface area (Å²) in [5, 5.41) is 8.75. The van der Waals surface area contributed by atoms with Crippen molar-refractivity contribution in [2.24, 2.45) is 0 Å². The van der Waals surface area contributed by atoms with E-state index in [4.69, 9.17) is 5.11 Å². The van der Waals surface area contributed by atoms with Gasteiger partial charge in [0.15, 0.2) is 0 Å². The Hall–Kier alpha value is -1.68. The van der Waals surface area contributed by atoms with Crippen molar-refractivity contribution in [2.75, 3.05) is 13.2 Å². The molecule has 0 spiro atoms. The van der Waals surface area contributed by atoms with E-state index in [0.717, 1.165) is 4.90 Å². The van der Waals surface area contributed by atoms with Crippen LogP contribution in [0.2, 0.25) is 0 Å². The SMILES string of the molecule is C=C1C/C(=C\C=C/C)C(=O)N(CCCO)C1=O. The molecule has 4 nitrogen and oxygen atoms in total. The average molecular weight is 235 g/mol. The molecule has 0 aromatic carbocycles. The zero-order chi connectivity index (χ0) is 12.8. The molecule has 1 aliphatic heterocycles. The van der Waals surface area contributed by atoms with Crippen LogP contribution in [0.1, 0.15) is 19.8 Å². The molecule has 0 aromatic rings. The number of amides is 2. The minimum atomic E-state index is -0.332. The fourth-order valence-corrected chi connectivity index (χ4v) is 1.61. The molecule has 0 unspecified atom stereocenters. The van der Waals surface area contributed by atoms with Crippen LogP contribution in [0.5, 0.6) is 0 Å². The summed E-state index contributed by atoms with van der Waals surface area (Å²) in [7, 11) is 0. The zero-order valence-corrected chi connectivity index (χ0v) is 9.98. The normalized spacial score (nSPS) is 19.8. The second kappa shape index (κ2) is 6.15. The van der Waals surface area contributed by atoms with Crippen LogP contribution >= 0.6 is 0 Å². The van der Waals surface area contributed by atoms with Crippen molar-refractivity contribution in [3.63, 3.8) is 0 Å². The Kier molecular flexibility index (Phi) is 4.84. The van der Waals surface area contributed by atoms with Crippen molar-refractivity contribution in [1.82, 2.24) is 4.90 Å². The summed E-state index contributed by atoms with van der Waals surface area (Å²) in [4.78, 5) is 24.9. The molecule has 0 atom stereocenters. The molecule has 1 aliphatic rings. The highest BCUT2D eigenvalue weighted by Gasteiger charge is 2.31. The van der Waals surface area contributed by atoms with Crippen LogP contribution < -0.4 is 0 Å². The summed E-state index contributed by atoms with van der Waals surface area (Å²) in [6, 6.07) is 0. The van der Waals surface area contributed by atoms with Crippen LogP contribution in [0.15, 0.2) is 36.0 Å². The van der Waals surface area contributed by atoms with Crippen LogP contribution in [0.4, 0.5) is 0 Å². The lowest BCUT2D eigenvalue weighted by Crippen LogP contribution is -2.43. The maximum atomic E-state index is 12.0. The second-order valence-electron chi connectivity index (χ2n) is 3.84. The first kappa shape index (κ1) is 13.4. The van der Waals surface area contributed by atoms with Gasteiger partial charge < -0.3 is 5.11 Å². The second-order valence-corrected chi connectivity index (χ2v) is 3.84. The molecule has 92 valence electrons. The lowest BCUT2D eigenvalue weighted by Gasteiger charge is -2.27. The van der Waals surface area contributed by atoms with E-state index in [2.05, 4.69) is 6.58 Å². The van der Waals surface area contributed by atoms with E-state index >= 15 is 0 Å². The highest BCUT2D eigenvalue weighted by Crippen LogP contribution is 2.22. The Labute approximate surface area is 101 Å². The number of nitrogens with zero attached hydrogens (tertiary/aromatic N) is 1. The van der Waals surface area contributed by atoms with Gasteiger partial charge in [0.1, 0.15) is 0 Å². The highest BCUT2D eigenvalue weighted by atomic mass is 16.3. The maximum absolute atomic E-state index is 12.0. The van der Waals surface area contributed by atoms with Crippen LogP contribution in [0.25, 0.3) is 0 Å². The largest absolute Gasteiger partial charge is 0.396 e. The van der Waals surface area contributed by atoms with Gasteiger partial charge in [-0.15, -0.1) is 0 Å². The molecule has 1 saturated heterocycles. The van der Waals surface area contributed by atoms with Gasteiger partial charge in [-0.2, -0.15) is 0 Å². The lowest BCUT2D eigenvalue weighted by molar-refractivity contribution is -0.141. The number of likely N-dealkylation sites (tertiary alicyclic amines) is 1. The van der Waals surface area contributed by atoms with Gasteiger partial charge in [-0.3, -0.25) is 14.5 Å². The molecular weight excluding hydrogens is 218 g/mol. The third-order valence-corrected chi connectivity index (χ3v) is 2.50. The Morgan fingerprint density at radius 2 is 2.12 bits per heavy atom. The van der Waals surface area contributed by atoms with Crippen molar-refractivity contribution >= 4 is 11.8 Å². The Morgan fingerprint density at radius 3 is 2.71 bits per heavy atom. The third kappa shape index (κ3) is 3.14. The Balaban J connectivity index is 2.91. The number of piperidine rings is 1. The van der Waals surface area contributed by atoms with E-state index in [-0.39, 0.29) is 25.0 Å². The molecule has 1 fully saturated rings. The van der Waals surface area contributed by atoms with Crippen molar-refractivity contribution < 1.29 is 14.7 Å². The number of rotatable bonds is 4. The molecule has 1 rings (SSSR count). The topological polar surface area (TPSA) is 57.6 Å². The molecule has 0 saturated carbocycles.